The van der Waals surface area contributed by atoms with E-state index in [1.807, 2.05) is 22.9 Å². The van der Waals surface area contributed by atoms with Crippen molar-refractivity contribution in [3.8, 4) is 0 Å². The first-order chi connectivity index (χ1) is 8.29. The number of carbonyl (C=O) groups is 1. The van der Waals surface area contributed by atoms with E-state index in [0.717, 1.165) is 18.5 Å². The van der Waals surface area contributed by atoms with Crippen molar-refractivity contribution in [2.24, 2.45) is 5.73 Å². The van der Waals surface area contributed by atoms with Crippen LogP contribution < -0.4 is 11.1 Å². The largest absolute Gasteiger partial charge is 0.352 e. The third-order valence-electron chi connectivity index (χ3n) is 3.42. The van der Waals surface area contributed by atoms with Gasteiger partial charge in [-0.3, -0.25) is 4.79 Å². The maximum absolute atomic E-state index is 11.9. The highest BCUT2D eigenvalue weighted by Crippen LogP contribution is 2.17. The number of nitrogens with two attached hydrogens (primary N) is 1. The van der Waals surface area contributed by atoms with E-state index in [0.29, 0.717) is 19.1 Å². The van der Waals surface area contributed by atoms with Crippen molar-refractivity contribution in [1.82, 2.24) is 9.88 Å². The molecular formula is C13H21N3O. The number of hydrogen-bond donors (Lipinski definition) is 2. The highest BCUT2D eigenvalue weighted by molar-refractivity contribution is 5.76. The third kappa shape index (κ3) is 3.33. The van der Waals surface area contributed by atoms with Gasteiger partial charge in [0, 0.05) is 24.5 Å². The highest BCUT2D eigenvalue weighted by Gasteiger charge is 2.15. The van der Waals surface area contributed by atoms with E-state index in [1.54, 1.807) is 0 Å². The molecule has 1 amide bonds. The first-order valence-electron chi connectivity index (χ1n) is 6.43. The summed E-state index contributed by atoms with van der Waals surface area (Å²) >= 11 is 0. The van der Waals surface area contributed by atoms with Crippen LogP contribution in [0.2, 0.25) is 0 Å². The van der Waals surface area contributed by atoms with Gasteiger partial charge < -0.3 is 15.6 Å². The van der Waals surface area contributed by atoms with E-state index < -0.39 is 0 Å². The molecule has 0 aliphatic heterocycles. The Balaban J connectivity index is 1.84. The molecule has 17 heavy (non-hydrogen) atoms. The quantitative estimate of drug-likeness (QED) is 0.828. The molecule has 0 bridgehead atoms. The molecule has 2 rings (SSSR count). The number of nitrogens with one attached hydrogen (secondary N) is 1. The van der Waals surface area contributed by atoms with Gasteiger partial charge in [-0.25, -0.2) is 0 Å². The molecule has 94 valence electrons. The molecule has 0 saturated heterocycles. The molecule has 3 N–H and O–H groups in total. The second-order valence-electron chi connectivity index (χ2n) is 4.73. The van der Waals surface area contributed by atoms with E-state index in [9.17, 15) is 4.79 Å². The van der Waals surface area contributed by atoms with Gasteiger partial charge in [-0.05, 0) is 25.0 Å². The van der Waals surface area contributed by atoms with Gasteiger partial charge in [0.15, 0.2) is 0 Å². The molecule has 1 aromatic rings. The van der Waals surface area contributed by atoms with Crippen LogP contribution in [0.25, 0.3) is 0 Å². The molecule has 4 heteroatoms. The highest BCUT2D eigenvalue weighted by atomic mass is 16.2. The standard InChI is InChI=1S/C13H21N3O/c14-9-12-7-4-8-16(12)10-13(17)15-11-5-2-1-3-6-11/h4,7-8,11H,1-3,5-6,9-10,14H2,(H,15,17). The van der Waals surface area contributed by atoms with Gasteiger partial charge in [-0.15, -0.1) is 0 Å². The summed E-state index contributed by atoms with van der Waals surface area (Å²) in [6, 6.07) is 4.26. The second kappa shape index (κ2) is 5.87. The summed E-state index contributed by atoms with van der Waals surface area (Å²) in [5.74, 6) is 0.0998. The maximum atomic E-state index is 11.9. The van der Waals surface area contributed by atoms with Gasteiger partial charge in [-0.1, -0.05) is 19.3 Å². The number of rotatable bonds is 4. The van der Waals surface area contributed by atoms with Crippen LogP contribution in [-0.2, 0) is 17.9 Å². The molecule has 1 aliphatic carbocycles. The normalized spacial score (nSPS) is 17.0. The summed E-state index contributed by atoms with van der Waals surface area (Å²) in [6.07, 6.45) is 7.94. The Hall–Kier alpha value is -1.29. The monoisotopic (exact) mass is 235 g/mol. The lowest BCUT2D eigenvalue weighted by Gasteiger charge is -2.23. The van der Waals surface area contributed by atoms with E-state index in [4.69, 9.17) is 5.73 Å². The van der Waals surface area contributed by atoms with Crippen molar-refractivity contribution in [1.29, 1.82) is 0 Å². The topological polar surface area (TPSA) is 60.0 Å². The molecule has 1 aliphatic rings. The van der Waals surface area contributed by atoms with Gasteiger partial charge in [0.05, 0.1) is 0 Å². The molecule has 4 nitrogen and oxygen atoms in total. The molecule has 0 atom stereocenters. The fourth-order valence-electron chi connectivity index (χ4n) is 2.46. The third-order valence-corrected chi connectivity index (χ3v) is 3.42. The molecule has 1 saturated carbocycles. The summed E-state index contributed by atoms with van der Waals surface area (Å²) in [5.41, 5.74) is 6.61. The van der Waals surface area contributed by atoms with Crippen molar-refractivity contribution in [2.75, 3.05) is 0 Å². The zero-order valence-corrected chi connectivity index (χ0v) is 10.2. The van der Waals surface area contributed by atoms with Crippen molar-refractivity contribution in [3.05, 3.63) is 24.0 Å². The van der Waals surface area contributed by atoms with E-state index in [2.05, 4.69) is 5.32 Å². The van der Waals surface area contributed by atoms with E-state index in [-0.39, 0.29) is 5.91 Å². The summed E-state index contributed by atoms with van der Waals surface area (Å²) in [7, 11) is 0. The van der Waals surface area contributed by atoms with Crippen LogP contribution in [0.4, 0.5) is 0 Å². The van der Waals surface area contributed by atoms with Crippen LogP contribution >= 0.6 is 0 Å². The second-order valence-corrected chi connectivity index (χ2v) is 4.73. The number of amides is 1. The van der Waals surface area contributed by atoms with Gasteiger partial charge >= 0.3 is 0 Å². The summed E-state index contributed by atoms with van der Waals surface area (Å²) in [6.45, 7) is 0.861. The minimum Gasteiger partial charge on any atom is -0.352 e. The van der Waals surface area contributed by atoms with Crippen LogP contribution in [-0.4, -0.2) is 16.5 Å². The lowest BCUT2D eigenvalue weighted by molar-refractivity contribution is -0.122. The van der Waals surface area contributed by atoms with Crippen molar-refractivity contribution < 1.29 is 4.79 Å². The minimum absolute atomic E-state index is 0.0998. The number of nitrogens with zero attached hydrogens (tertiary/aromatic N) is 1. The fraction of sp³-hybridized carbons (Fsp3) is 0.615. The van der Waals surface area contributed by atoms with Crippen LogP contribution in [0.5, 0.6) is 0 Å². The zero-order valence-electron chi connectivity index (χ0n) is 10.2. The molecule has 1 heterocycles. The Morgan fingerprint density at radius 2 is 2.18 bits per heavy atom. The van der Waals surface area contributed by atoms with Crippen LogP contribution in [0, 0.1) is 0 Å². The zero-order chi connectivity index (χ0) is 12.1. The molecular weight excluding hydrogens is 214 g/mol. The lowest BCUT2D eigenvalue weighted by atomic mass is 9.95. The fourth-order valence-corrected chi connectivity index (χ4v) is 2.46. The van der Waals surface area contributed by atoms with Gasteiger partial charge in [0.1, 0.15) is 6.54 Å². The Bertz CT molecular complexity index is 366. The van der Waals surface area contributed by atoms with Crippen molar-refractivity contribution in [2.45, 2.75) is 51.2 Å². The van der Waals surface area contributed by atoms with Crippen LogP contribution in [0.15, 0.2) is 18.3 Å². The Labute approximate surface area is 102 Å². The molecule has 0 radical (unpaired) electrons. The molecule has 0 aromatic carbocycles. The predicted molar refractivity (Wildman–Crippen MR) is 67.3 cm³/mol. The SMILES string of the molecule is NCc1cccn1CC(=O)NC1CCCCC1. The summed E-state index contributed by atoms with van der Waals surface area (Å²) in [4.78, 5) is 11.9. The summed E-state index contributed by atoms with van der Waals surface area (Å²) < 4.78 is 1.91. The van der Waals surface area contributed by atoms with E-state index >= 15 is 0 Å². The average Bonchev–Trinajstić information content (AvgIpc) is 2.77. The Kier molecular flexibility index (Phi) is 4.20. The minimum atomic E-state index is 0.0998. The first kappa shape index (κ1) is 12.2. The van der Waals surface area contributed by atoms with Gasteiger partial charge in [-0.2, -0.15) is 0 Å². The summed E-state index contributed by atoms with van der Waals surface area (Å²) in [5, 5.41) is 3.11. The molecule has 1 fully saturated rings. The predicted octanol–water partition coefficient (Wildman–Crippen LogP) is 1.40. The van der Waals surface area contributed by atoms with E-state index in [1.165, 1.54) is 19.3 Å². The molecule has 0 spiro atoms. The van der Waals surface area contributed by atoms with Crippen LogP contribution in [0.3, 0.4) is 0 Å². The van der Waals surface area contributed by atoms with Crippen LogP contribution in [0.1, 0.15) is 37.8 Å². The Morgan fingerprint density at radius 3 is 2.88 bits per heavy atom. The number of aromatic nitrogens is 1. The first-order valence-corrected chi connectivity index (χ1v) is 6.43. The average molecular weight is 235 g/mol. The number of carbonyl (C=O) groups excluding carboxylic acids is 1. The van der Waals surface area contributed by atoms with Gasteiger partial charge in [0.25, 0.3) is 0 Å². The smallest absolute Gasteiger partial charge is 0.240 e. The van der Waals surface area contributed by atoms with Gasteiger partial charge in [0.2, 0.25) is 5.91 Å². The molecule has 1 aromatic heterocycles. The molecule has 0 unspecified atom stereocenters. The lowest BCUT2D eigenvalue weighted by Crippen LogP contribution is -2.38. The van der Waals surface area contributed by atoms with Crippen molar-refractivity contribution >= 4 is 5.91 Å². The number of hydrogen-bond acceptors (Lipinski definition) is 2. The Morgan fingerprint density at radius 1 is 1.41 bits per heavy atom. The van der Waals surface area contributed by atoms with Crippen molar-refractivity contribution in [3.63, 3.8) is 0 Å². The maximum Gasteiger partial charge on any atom is 0.240 e.